The van der Waals surface area contributed by atoms with Crippen molar-refractivity contribution in [3.8, 4) is 5.75 Å². The fourth-order valence-electron chi connectivity index (χ4n) is 3.97. The Balaban J connectivity index is 1.51. The highest BCUT2D eigenvalue weighted by atomic mass is 32.2. The van der Waals surface area contributed by atoms with Crippen LogP contribution in [0.25, 0.3) is 17.1 Å². The first-order valence-electron chi connectivity index (χ1n) is 9.44. The number of nitrogens with zero attached hydrogens (tertiary/aromatic N) is 3. The number of aryl methyl sites for hydroxylation is 1. The highest BCUT2D eigenvalue weighted by molar-refractivity contribution is 7.91. The van der Waals surface area contributed by atoms with Crippen LogP contribution in [0.4, 0.5) is 0 Å². The first-order chi connectivity index (χ1) is 13.9. The maximum atomic E-state index is 12.7. The Labute approximate surface area is 167 Å². The summed E-state index contributed by atoms with van der Waals surface area (Å²) >= 11 is 0. The summed E-state index contributed by atoms with van der Waals surface area (Å²) in [5, 5.41) is 5.40. The van der Waals surface area contributed by atoms with Crippen LogP contribution >= 0.6 is 0 Å². The molecule has 0 N–H and O–H groups in total. The molecule has 0 unspecified atom stereocenters. The molecule has 0 radical (unpaired) electrons. The SMILES string of the molecule is Cc1nn([C@H]2CCS(=O)(=O)C2)c2ncc(/C=C3/COc4ccccc4C3=O)cc12. The minimum Gasteiger partial charge on any atom is -0.488 e. The molecule has 1 fully saturated rings. The van der Waals surface area contributed by atoms with Gasteiger partial charge in [-0.25, -0.2) is 18.1 Å². The Kier molecular flexibility index (Phi) is 4.06. The fourth-order valence-corrected chi connectivity index (χ4v) is 5.66. The van der Waals surface area contributed by atoms with Gasteiger partial charge in [-0.1, -0.05) is 12.1 Å². The summed E-state index contributed by atoms with van der Waals surface area (Å²) in [4.78, 5) is 17.3. The number of hydrogen-bond donors (Lipinski definition) is 0. The second-order valence-corrected chi connectivity index (χ2v) is 9.74. The van der Waals surface area contributed by atoms with Gasteiger partial charge in [0.25, 0.3) is 0 Å². The summed E-state index contributed by atoms with van der Waals surface area (Å²) in [6.45, 7) is 2.10. The Bertz CT molecular complexity index is 1290. The van der Waals surface area contributed by atoms with Crippen LogP contribution in [0.1, 0.15) is 34.1 Å². The fraction of sp³-hybridized carbons (Fsp3) is 0.286. The zero-order valence-corrected chi connectivity index (χ0v) is 16.6. The third-order valence-electron chi connectivity index (χ3n) is 5.45. The van der Waals surface area contributed by atoms with Crippen molar-refractivity contribution < 1.29 is 17.9 Å². The molecule has 8 heteroatoms. The number of para-hydroxylation sites is 1. The number of carbonyl (C=O) groups is 1. The standard InChI is InChI=1S/C21H19N3O4S/c1-13-18-9-14(8-15-11-28-19-5-3-2-4-17(19)20(15)25)10-22-21(18)24(23-13)16-6-7-29(26,27)12-16/h2-5,8-10,16H,6-7,11-12H2,1H3/b15-8-/t16-/m0/s1. The molecule has 2 aliphatic rings. The Morgan fingerprint density at radius 3 is 2.90 bits per heavy atom. The number of ketones is 1. The molecule has 0 saturated carbocycles. The molecule has 1 saturated heterocycles. The lowest BCUT2D eigenvalue weighted by Crippen LogP contribution is -2.18. The summed E-state index contributed by atoms with van der Waals surface area (Å²) in [5.41, 5.74) is 3.37. The summed E-state index contributed by atoms with van der Waals surface area (Å²) in [7, 11) is -3.01. The van der Waals surface area contributed by atoms with Crippen LogP contribution in [0, 0.1) is 6.92 Å². The molecule has 5 rings (SSSR count). The molecule has 0 amide bonds. The number of Topliss-reactive ketones (excluding diaryl/α,β-unsaturated/α-hetero) is 1. The van der Waals surface area contributed by atoms with Gasteiger partial charge in [0.15, 0.2) is 21.3 Å². The largest absolute Gasteiger partial charge is 0.488 e. The van der Waals surface area contributed by atoms with E-state index in [4.69, 9.17) is 4.74 Å². The molecule has 29 heavy (non-hydrogen) atoms. The van der Waals surface area contributed by atoms with E-state index >= 15 is 0 Å². The van der Waals surface area contributed by atoms with E-state index in [0.717, 1.165) is 16.6 Å². The number of rotatable bonds is 2. The van der Waals surface area contributed by atoms with Crippen molar-refractivity contribution in [1.82, 2.24) is 14.8 Å². The van der Waals surface area contributed by atoms with Gasteiger partial charge in [0, 0.05) is 17.2 Å². The molecule has 7 nitrogen and oxygen atoms in total. The van der Waals surface area contributed by atoms with Crippen LogP contribution in [0.5, 0.6) is 5.75 Å². The van der Waals surface area contributed by atoms with Gasteiger partial charge in [-0.3, -0.25) is 4.79 Å². The third-order valence-corrected chi connectivity index (χ3v) is 7.20. The van der Waals surface area contributed by atoms with Gasteiger partial charge in [-0.2, -0.15) is 5.10 Å². The van der Waals surface area contributed by atoms with Gasteiger partial charge in [-0.05, 0) is 43.2 Å². The lowest BCUT2D eigenvalue weighted by Gasteiger charge is -2.18. The van der Waals surface area contributed by atoms with Gasteiger partial charge < -0.3 is 4.74 Å². The van der Waals surface area contributed by atoms with Gasteiger partial charge in [0.05, 0.1) is 28.8 Å². The Morgan fingerprint density at radius 2 is 2.10 bits per heavy atom. The summed E-state index contributed by atoms with van der Waals surface area (Å²) in [6, 6.07) is 8.96. The van der Waals surface area contributed by atoms with Gasteiger partial charge >= 0.3 is 0 Å². The molecule has 2 aliphatic heterocycles. The number of hydrogen-bond acceptors (Lipinski definition) is 6. The average Bonchev–Trinajstić information content (AvgIpc) is 3.23. The highest BCUT2D eigenvalue weighted by Crippen LogP contribution is 2.30. The van der Waals surface area contributed by atoms with Crippen molar-refractivity contribution in [3.05, 3.63) is 58.9 Å². The molecule has 1 atom stereocenters. The van der Waals surface area contributed by atoms with E-state index in [1.165, 1.54) is 0 Å². The van der Waals surface area contributed by atoms with Crippen molar-refractivity contribution in [2.24, 2.45) is 0 Å². The zero-order valence-electron chi connectivity index (χ0n) is 15.8. The van der Waals surface area contributed by atoms with Crippen LogP contribution in [-0.4, -0.2) is 47.1 Å². The zero-order chi connectivity index (χ0) is 20.2. The van der Waals surface area contributed by atoms with Gasteiger partial charge in [0.2, 0.25) is 0 Å². The van der Waals surface area contributed by atoms with E-state index in [2.05, 4.69) is 10.1 Å². The number of ether oxygens (including phenoxy) is 1. The second kappa shape index (κ2) is 6.52. The summed E-state index contributed by atoms with van der Waals surface area (Å²) < 4.78 is 31.1. The number of aromatic nitrogens is 3. The van der Waals surface area contributed by atoms with Crippen LogP contribution in [-0.2, 0) is 9.84 Å². The lowest BCUT2D eigenvalue weighted by molar-refractivity contribution is 0.100. The van der Waals surface area contributed by atoms with Crippen molar-refractivity contribution in [2.45, 2.75) is 19.4 Å². The Hall–Kier alpha value is -3.00. The quantitative estimate of drug-likeness (QED) is 0.605. The molecule has 148 valence electrons. The number of sulfone groups is 1. The summed E-state index contributed by atoms with van der Waals surface area (Å²) in [6.07, 6.45) is 4.03. The van der Waals surface area contributed by atoms with E-state index < -0.39 is 9.84 Å². The van der Waals surface area contributed by atoms with Crippen LogP contribution in [0.15, 0.2) is 42.1 Å². The molecule has 0 aliphatic carbocycles. The van der Waals surface area contributed by atoms with Crippen molar-refractivity contribution in [1.29, 1.82) is 0 Å². The number of carbonyl (C=O) groups excluding carboxylic acids is 1. The van der Waals surface area contributed by atoms with Crippen LogP contribution < -0.4 is 4.74 Å². The minimum absolute atomic E-state index is 0.0458. The van der Waals surface area contributed by atoms with E-state index in [1.807, 2.05) is 25.1 Å². The first-order valence-corrected chi connectivity index (χ1v) is 11.3. The molecule has 3 aromatic rings. The first kappa shape index (κ1) is 18.1. The van der Waals surface area contributed by atoms with Gasteiger partial charge in [0.1, 0.15) is 12.4 Å². The van der Waals surface area contributed by atoms with E-state index in [9.17, 15) is 13.2 Å². The Morgan fingerprint density at radius 1 is 1.28 bits per heavy atom. The van der Waals surface area contributed by atoms with Crippen LogP contribution in [0.3, 0.4) is 0 Å². The molecule has 0 spiro atoms. The number of fused-ring (bicyclic) bond motifs is 2. The van der Waals surface area contributed by atoms with E-state index in [-0.39, 0.29) is 29.9 Å². The van der Waals surface area contributed by atoms with Crippen molar-refractivity contribution in [3.63, 3.8) is 0 Å². The highest BCUT2D eigenvalue weighted by Gasteiger charge is 2.31. The molecular weight excluding hydrogens is 390 g/mol. The van der Waals surface area contributed by atoms with Crippen molar-refractivity contribution >= 4 is 32.7 Å². The molecule has 4 heterocycles. The molecular formula is C21H19N3O4S. The smallest absolute Gasteiger partial charge is 0.196 e. The number of pyridine rings is 1. The predicted molar refractivity (Wildman–Crippen MR) is 109 cm³/mol. The second-order valence-electron chi connectivity index (χ2n) is 7.51. The van der Waals surface area contributed by atoms with E-state index in [1.54, 1.807) is 29.1 Å². The topological polar surface area (TPSA) is 91.2 Å². The minimum atomic E-state index is -3.01. The predicted octanol–water partition coefficient (Wildman–Crippen LogP) is 2.76. The maximum absolute atomic E-state index is 12.7. The lowest BCUT2D eigenvalue weighted by atomic mass is 9.98. The van der Waals surface area contributed by atoms with Crippen LogP contribution in [0.2, 0.25) is 0 Å². The van der Waals surface area contributed by atoms with Gasteiger partial charge in [-0.15, -0.1) is 0 Å². The normalized spacial score (nSPS) is 22.0. The molecule has 2 aromatic heterocycles. The van der Waals surface area contributed by atoms with Crippen molar-refractivity contribution in [2.75, 3.05) is 18.1 Å². The summed E-state index contributed by atoms with van der Waals surface area (Å²) in [5.74, 6) is 0.843. The van der Waals surface area contributed by atoms with E-state index in [0.29, 0.717) is 29.0 Å². The number of benzene rings is 1. The molecule has 1 aromatic carbocycles. The average molecular weight is 409 g/mol. The third kappa shape index (κ3) is 3.13. The maximum Gasteiger partial charge on any atom is 0.196 e. The molecule has 0 bridgehead atoms. The monoisotopic (exact) mass is 409 g/mol.